The fraction of sp³-hybridized carbons (Fsp3) is 0.875. The van der Waals surface area contributed by atoms with Crippen molar-refractivity contribution in [3.63, 3.8) is 0 Å². The second-order valence-electron chi connectivity index (χ2n) is 2.98. The first kappa shape index (κ1) is 10.2. The van der Waals surface area contributed by atoms with E-state index in [0.717, 1.165) is 6.54 Å². The third kappa shape index (κ3) is 3.18. The number of ether oxygens (including phenoxy) is 1. The van der Waals surface area contributed by atoms with Crippen molar-refractivity contribution in [3.05, 3.63) is 0 Å². The van der Waals surface area contributed by atoms with E-state index in [-0.39, 0.29) is 0 Å². The molecule has 2 unspecified atom stereocenters. The molecule has 76 valence electrons. The van der Waals surface area contributed by atoms with Crippen LogP contribution in [0.1, 0.15) is 13.3 Å². The summed E-state index contributed by atoms with van der Waals surface area (Å²) in [5.74, 6) is 0. The Bertz CT molecular complexity index is 178. The molecule has 0 aromatic heterocycles. The van der Waals surface area contributed by atoms with Crippen molar-refractivity contribution >= 4 is 6.09 Å². The summed E-state index contributed by atoms with van der Waals surface area (Å²) >= 11 is 0. The molecule has 5 heteroatoms. The third-order valence-corrected chi connectivity index (χ3v) is 1.99. The van der Waals surface area contributed by atoms with Gasteiger partial charge in [0.15, 0.2) is 0 Å². The highest BCUT2D eigenvalue weighted by molar-refractivity contribution is 5.67. The van der Waals surface area contributed by atoms with Gasteiger partial charge in [-0.3, -0.25) is 0 Å². The van der Waals surface area contributed by atoms with Crippen molar-refractivity contribution in [1.29, 1.82) is 0 Å². The summed E-state index contributed by atoms with van der Waals surface area (Å²) in [5.41, 5.74) is 0. The van der Waals surface area contributed by atoms with Gasteiger partial charge in [0.2, 0.25) is 0 Å². The van der Waals surface area contributed by atoms with Crippen LogP contribution >= 0.6 is 0 Å². The zero-order valence-corrected chi connectivity index (χ0v) is 7.68. The van der Waals surface area contributed by atoms with Crippen LogP contribution in [0.3, 0.4) is 0 Å². The van der Waals surface area contributed by atoms with Gasteiger partial charge in [0, 0.05) is 6.54 Å². The van der Waals surface area contributed by atoms with Crippen molar-refractivity contribution in [1.82, 2.24) is 10.6 Å². The number of rotatable bonds is 2. The molecule has 0 radical (unpaired) electrons. The number of alkyl halides is 1. The summed E-state index contributed by atoms with van der Waals surface area (Å²) in [4.78, 5) is 10.9. The fourth-order valence-corrected chi connectivity index (χ4v) is 1.31. The quantitative estimate of drug-likeness (QED) is 0.664. The Balaban J connectivity index is 2.29. The van der Waals surface area contributed by atoms with Crippen LogP contribution in [0.15, 0.2) is 0 Å². The van der Waals surface area contributed by atoms with Gasteiger partial charge in [0.25, 0.3) is 0 Å². The number of carbonyl (C=O) groups excluding carboxylic acids is 1. The fourth-order valence-electron chi connectivity index (χ4n) is 1.31. The Morgan fingerprint density at radius 2 is 2.54 bits per heavy atom. The van der Waals surface area contributed by atoms with E-state index in [0.29, 0.717) is 19.6 Å². The Kier molecular flexibility index (Phi) is 3.95. The Labute approximate surface area is 76.8 Å². The molecule has 1 aliphatic heterocycles. The molecule has 1 fully saturated rings. The minimum atomic E-state index is -1.02. The van der Waals surface area contributed by atoms with E-state index in [9.17, 15) is 9.18 Å². The Morgan fingerprint density at radius 1 is 1.77 bits per heavy atom. The molecule has 1 rings (SSSR count). The summed E-state index contributed by atoms with van der Waals surface area (Å²) in [6, 6.07) is -0.403. The van der Waals surface area contributed by atoms with Crippen molar-refractivity contribution in [3.8, 4) is 0 Å². The second-order valence-corrected chi connectivity index (χ2v) is 2.98. The maximum atomic E-state index is 13.1. The van der Waals surface area contributed by atoms with Crippen LogP contribution in [0, 0.1) is 0 Å². The van der Waals surface area contributed by atoms with E-state index in [2.05, 4.69) is 15.4 Å². The van der Waals surface area contributed by atoms with E-state index < -0.39 is 18.3 Å². The standard InChI is InChI=1S/C8H15FN2O2/c1-2-13-8(12)11-7-3-4-10-5-6(7)9/h6-7,10H,2-5H2,1H3,(H,11,12). The van der Waals surface area contributed by atoms with Gasteiger partial charge < -0.3 is 15.4 Å². The van der Waals surface area contributed by atoms with Gasteiger partial charge in [0.05, 0.1) is 12.6 Å². The normalized spacial score (nSPS) is 28.2. The summed E-state index contributed by atoms with van der Waals surface area (Å²) in [6.45, 7) is 3.07. The molecule has 0 saturated carbocycles. The van der Waals surface area contributed by atoms with Crippen LogP contribution in [-0.4, -0.2) is 38.0 Å². The lowest BCUT2D eigenvalue weighted by molar-refractivity contribution is 0.132. The summed E-state index contributed by atoms with van der Waals surface area (Å²) in [5, 5.41) is 5.40. The van der Waals surface area contributed by atoms with E-state index in [1.54, 1.807) is 6.92 Å². The number of nitrogens with one attached hydrogen (secondary N) is 2. The zero-order valence-electron chi connectivity index (χ0n) is 7.68. The first-order chi connectivity index (χ1) is 6.24. The van der Waals surface area contributed by atoms with Gasteiger partial charge in [-0.15, -0.1) is 0 Å². The molecule has 0 bridgehead atoms. The molecule has 2 atom stereocenters. The predicted octanol–water partition coefficient (Wildman–Crippen LogP) is 0.432. The van der Waals surface area contributed by atoms with Gasteiger partial charge in [-0.2, -0.15) is 0 Å². The number of alkyl carbamates (subject to hydrolysis) is 1. The highest BCUT2D eigenvalue weighted by Crippen LogP contribution is 2.07. The number of amides is 1. The van der Waals surface area contributed by atoms with Crippen LogP contribution in [0.5, 0.6) is 0 Å². The van der Waals surface area contributed by atoms with E-state index in [1.165, 1.54) is 0 Å². The molecule has 1 heterocycles. The topological polar surface area (TPSA) is 50.4 Å². The molecule has 0 aromatic carbocycles. The lowest BCUT2D eigenvalue weighted by atomic mass is 10.1. The first-order valence-electron chi connectivity index (χ1n) is 4.52. The van der Waals surface area contributed by atoms with E-state index in [4.69, 9.17) is 0 Å². The summed E-state index contributed by atoms with van der Waals surface area (Å²) in [7, 11) is 0. The van der Waals surface area contributed by atoms with Crippen LogP contribution in [0.25, 0.3) is 0 Å². The number of hydrogen-bond acceptors (Lipinski definition) is 3. The van der Waals surface area contributed by atoms with Gasteiger partial charge in [-0.1, -0.05) is 0 Å². The second kappa shape index (κ2) is 5.01. The minimum Gasteiger partial charge on any atom is -0.450 e. The molecule has 1 aliphatic rings. The monoisotopic (exact) mass is 190 g/mol. The molecular weight excluding hydrogens is 175 g/mol. The number of carbonyl (C=O) groups is 1. The molecule has 1 saturated heterocycles. The number of halogens is 1. The maximum Gasteiger partial charge on any atom is 0.407 e. The summed E-state index contributed by atoms with van der Waals surface area (Å²) < 4.78 is 17.8. The lowest BCUT2D eigenvalue weighted by Crippen LogP contribution is -2.50. The number of hydrogen-bond donors (Lipinski definition) is 2. The SMILES string of the molecule is CCOC(=O)NC1CCNCC1F. The smallest absolute Gasteiger partial charge is 0.407 e. The first-order valence-corrected chi connectivity index (χ1v) is 4.52. The molecule has 0 aliphatic carbocycles. The average molecular weight is 190 g/mol. The van der Waals surface area contributed by atoms with Crippen molar-refractivity contribution in [2.75, 3.05) is 19.7 Å². The largest absolute Gasteiger partial charge is 0.450 e. The van der Waals surface area contributed by atoms with Crippen LogP contribution in [-0.2, 0) is 4.74 Å². The van der Waals surface area contributed by atoms with Crippen molar-refractivity contribution in [2.24, 2.45) is 0 Å². The number of piperidine rings is 1. The molecule has 4 nitrogen and oxygen atoms in total. The van der Waals surface area contributed by atoms with Crippen molar-refractivity contribution < 1.29 is 13.9 Å². The predicted molar refractivity (Wildman–Crippen MR) is 46.3 cm³/mol. The molecule has 13 heavy (non-hydrogen) atoms. The zero-order chi connectivity index (χ0) is 9.68. The molecule has 0 spiro atoms. The van der Waals surface area contributed by atoms with Gasteiger partial charge >= 0.3 is 6.09 Å². The van der Waals surface area contributed by atoms with Crippen molar-refractivity contribution in [2.45, 2.75) is 25.6 Å². The van der Waals surface area contributed by atoms with E-state index in [1.807, 2.05) is 0 Å². The van der Waals surface area contributed by atoms with Crippen LogP contribution in [0.2, 0.25) is 0 Å². The maximum absolute atomic E-state index is 13.1. The highest BCUT2D eigenvalue weighted by atomic mass is 19.1. The minimum absolute atomic E-state index is 0.303. The Hall–Kier alpha value is -0.840. The molecule has 0 aromatic rings. The Morgan fingerprint density at radius 3 is 3.15 bits per heavy atom. The van der Waals surface area contributed by atoms with Gasteiger partial charge in [-0.25, -0.2) is 9.18 Å². The summed E-state index contributed by atoms with van der Waals surface area (Å²) in [6.07, 6.45) is -0.935. The van der Waals surface area contributed by atoms with Crippen LogP contribution in [0.4, 0.5) is 9.18 Å². The van der Waals surface area contributed by atoms with Crippen LogP contribution < -0.4 is 10.6 Å². The highest BCUT2D eigenvalue weighted by Gasteiger charge is 2.26. The third-order valence-electron chi connectivity index (χ3n) is 1.99. The molecule has 2 N–H and O–H groups in total. The van der Waals surface area contributed by atoms with Gasteiger partial charge in [-0.05, 0) is 19.9 Å². The van der Waals surface area contributed by atoms with Gasteiger partial charge in [0.1, 0.15) is 6.17 Å². The lowest BCUT2D eigenvalue weighted by Gasteiger charge is -2.26. The average Bonchev–Trinajstić information content (AvgIpc) is 2.09. The van der Waals surface area contributed by atoms with E-state index >= 15 is 0 Å². The molecular formula is C8H15FN2O2. The molecule has 1 amide bonds.